The number of halogens is 1. The van der Waals surface area contributed by atoms with E-state index in [-0.39, 0.29) is 5.78 Å². The molecule has 0 radical (unpaired) electrons. The summed E-state index contributed by atoms with van der Waals surface area (Å²) < 4.78 is 2.95. The number of aromatic nitrogens is 1. The van der Waals surface area contributed by atoms with Gasteiger partial charge in [-0.05, 0) is 64.1 Å². The molecule has 34 heavy (non-hydrogen) atoms. The molecule has 0 atom stereocenters. The molecule has 3 nitrogen and oxygen atoms in total. The molecule has 0 unspecified atom stereocenters. The van der Waals surface area contributed by atoms with E-state index in [1.54, 1.807) is 0 Å². The van der Waals surface area contributed by atoms with Gasteiger partial charge in [0.2, 0.25) is 0 Å². The quantitative estimate of drug-likeness (QED) is 0.117. The van der Waals surface area contributed by atoms with E-state index in [9.17, 15) is 9.59 Å². The van der Waals surface area contributed by atoms with Crippen molar-refractivity contribution in [3.8, 4) is 11.3 Å². The van der Waals surface area contributed by atoms with Crippen molar-refractivity contribution in [3.63, 3.8) is 0 Å². The van der Waals surface area contributed by atoms with Crippen LogP contribution in [-0.2, 0) is 6.42 Å². The Bertz CT molecular complexity index is 1520. The minimum Gasteiger partial charge on any atom is -0.307 e. The topological polar surface area (TPSA) is 38.5 Å². The smallest absolute Gasteiger partial charge is 0.196 e. The highest BCUT2D eigenvalue weighted by Crippen LogP contribution is 2.38. The zero-order valence-corrected chi connectivity index (χ0v) is 21.1. The molecule has 0 saturated carbocycles. The summed E-state index contributed by atoms with van der Waals surface area (Å²) in [6.45, 7) is 2.20. The number of nitrogens with zero attached hydrogens (tertiary/aromatic N) is 1. The van der Waals surface area contributed by atoms with Gasteiger partial charge in [-0.25, -0.2) is 0 Å². The second kappa shape index (κ2) is 9.55. The average Bonchev–Trinajstić information content (AvgIpc) is 3.20. The van der Waals surface area contributed by atoms with Crippen LogP contribution in [0.25, 0.3) is 27.7 Å². The van der Waals surface area contributed by atoms with Crippen molar-refractivity contribution in [2.24, 2.45) is 0 Å². The fourth-order valence-corrected chi connectivity index (χ4v) is 5.66. The Balaban J connectivity index is 1.85. The summed E-state index contributed by atoms with van der Waals surface area (Å²) in [6.07, 6.45) is 4.23. The van der Waals surface area contributed by atoms with Crippen molar-refractivity contribution in [3.05, 3.63) is 111 Å². The number of aryl methyl sites for hydroxylation is 1. The van der Waals surface area contributed by atoms with E-state index in [0.717, 1.165) is 51.3 Å². The molecule has 2 heterocycles. The number of carbonyl (C=O) groups excluding carboxylic acids is 2. The first-order valence-electron chi connectivity index (χ1n) is 11.5. The van der Waals surface area contributed by atoms with Crippen LogP contribution >= 0.6 is 22.6 Å². The van der Waals surface area contributed by atoms with E-state index < -0.39 is 0 Å². The summed E-state index contributed by atoms with van der Waals surface area (Å²) in [5.74, 6) is -0.0771. The Morgan fingerprint density at radius 2 is 1.65 bits per heavy atom. The van der Waals surface area contributed by atoms with Gasteiger partial charge >= 0.3 is 0 Å². The van der Waals surface area contributed by atoms with Crippen LogP contribution in [0.5, 0.6) is 0 Å². The lowest BCUT2D eigenvalue weighted by molar-refractivity contribution is 0.103. The third-order valence-corrected chi connectivity index (χ3v) is 7.36. The van der Waals surface area contributed by atoms with Crippen LogP contribution in [0.15, 0.2) is 84.9 Å². The maximum atomic E-state index is 13.8. The Morgan fingerprint density at radius 1 is 0.941 bits per heavy atom. The monoisotopic (exact) mass is 557 g/mol. The molecular formula is C30H24INO2. The van der Waals surface area contributed by atoms with E-state index in [2.05, 4.69) is 58.2 Å². The second-order valence-corrected chi connectivity index (χ2v) is 9.57. The predicted molar refractivity (Wildman–Crippen MR) is 147 cm³/mol. The molecule has 3 aromatic carbocycles. The second-order valence-electron chi connectivity index (χ2n) is 8.49. The summed E-state index contributed by atoms with van der Waals surface area (Å²) >= 11 is 2.28. The van der Waals surface area contributed by atoms with Crippen LogP contribution in [0.3, 0.4) is 0 Å². The van der Waals surface area contributed by atoms with Crippen LogP contribution in [0, 0.1) is 3.57 Å². The molecule has 5 aromatic rings. The SMILES string of the molecule is CCCCc1ccc(-c2c(I)c(C(=O)c3ccccc3)c3c(C=O)cc4ccccc4n23)cc1. The van der Waals surface area contributed by atoms with Crippen molar-refractivity contribution in [1.29, 1.82) is 0 Å². The molecule has 168 valence electrons. The molecule has 0 amide bonds. The lowest BCUT2D eigenvalue weighted by Crippen LogP contribution is -2.04. The Hall–Kier alpha value is -3.25. The zero-order valence-electron chi connectivity index (χ0n) is 18.9. The van der Waals surface area contributed by atoms with Gasteiger partial charge in [0.25, 0.3) is 0 Å². The first-order chi connectivity index (χ1) is 16.6. The van der Waals surface area contributed by atoms with Crippen LogP contribution < -0.4 is 0 Å². The number of rotatable bonds is 7. The predicted octanol–water partition coefficient (Wildman–Crippen LogP) is 7.75. The van der Waals surface area contributed by atoms with Crippen molar-refractivity contribution in [1.82, 2.24) is 4.40 Å². The molecule has 0 N–H and O–H groups in total. The Kier molecular flexibility index (Phi) is 6.33. The molecule has 0 aliphatic heterocycles. The number of carbonyl (C=O) groups is 2. The molecule has 0 bridgehead atoms. The third-order valence-electron chi connectivity index (χ3n) is 6.31. The number of unbranched alkanes of at least 4 members (excludes halogenated alkanes) is 1. The van der Waals surface area contributed by atoms with Crippen molar-refractivity contribution < 1.29 is 9.59 Å². The van der Waals surface area contributed by atoms with Gasteiger partial charge in [0, 0.05) is 11.1 Å². The molecule has 0 aliphatic rings. The summed E-state index contributed by atoms with van der Waals surface area (Å²) in [4.78, 5) is 26.0. The zero-order chi connectivity index (χ0) is 23.7. The number of hydrogen-bond donors (Lipinski definition) is 0. The average molecular weight is 557 g/mol. The van der Waals surface area contributed by atoms with Crippen molar-refractivity contribution in [2.75, 3.05) is 0 Å². The van der Waals surface area contributed by atoms with Crippen LogP contribution in [0.4, 0.5) is 0 Å². The van der Waals surface area contributed by atoms with Gasteiger partial charge < -0.3 is 4.40 Å². The number of benzene rings is 3. The highest BCUT2D eigenvalue weighted by atomic mass is 127. The highest BCUT2D eigenvalue weighted by molar-refractivity contribution is 14.1. The largest absolute Gasteiger partial charge is 0.307 e. The normalized spacial score (nSPS) is 11.2. The van der Waals surface area contributed by atoms with Crippen molar-refractivity contribution >= 4 is 51.1 Å². The minimum absolute atomic E-state index is 0.0771. The number of para-hydroxylation sites is 1. The van der Waals surface area contributed by atoms with E-state index in [4.69, 9.17) is 0 Å². The maximum absolute atomic E-state index is 13.8. The fraction of sp³-hybridized carbons (Fsp3) is 0.133. The van der Waals surface area contributed by atoms with Gasteiger partial charge in [-0.15, -0.1) is 0 Å². The molecule has 5 rings (SSSR count). The van der Waals surface area contributed by atoms with Gasteiger partial charge in [0.15, 0.2) is 12.1 Å². The number of hydrogen-bond acceptors (Lipinski definition) is 2. The lowest BCUT2D eigenvalue weighted by atomic mass is 10.0. The molecule has 4 heteroatoms. The standard InChI is InChI=1S/C30H24INO2/c1-2-3-9-20-14-16-21(17-15-20)29-27(31)26(30(34)22-10-5-4-6-11-22)28-24(19-33)18-23-12-7-8-13-25(23)32(28)29/h4-8,10-19H,2-3,9H2,1H3. The number of fused-ring (bicyclic) bond motifs is 3. The summed E-state index contributed by atoms with van der Waals surface area (Å²) in [7, 11) is 0. The number of ketones is 1. The maximum Gasteiger partial charge on any atom is 0.196 e. The molecule has 0 fully saturated rings. The molecule has 0 saturated heterocycles. The van der Waals surface area contributed by atoms with Gasteiger partial charge in [-0.3, -0.25) is 9.59 Å². The van der Waals surface area contributed by atoms with Crippen LogP contribution in [-0.4, -0.2) is 16.5 Å². The van der Waals surface area contributed by atoms with E-state index in [1.165, 1.54) is 5.56 Å². The third kappa shape index (κ3) is 3.86. The molecular weight excluding hydrogens is 533 g/mol. The van der Waals surface area contributed by atoms with E-state index in [0.29, 0.717) is 22.2 Å². The van der Waals surface area contributed by atoms with Gasteiger partial charge in [0.05, 0.1) is 25.9 Å². The lowest BCUT2D eigenvalue weighted by Gasteiger charge is -2.11. The first kappa shape index (κ1) is 22.5. The van der Waals surface area contributed by atoms with E-state index in [1.807, 2.05) is 60.7 Å². The van der Waals surface area contributed by atoms with Gasteiger partial charge in [-0.1, -0.05) is 86.1 Å². The minimum atomic E-state index is -0.0771. The first-order valence-corrected chi connectivity index (χ1v) is 12.6. The summed E-state index contributed by atoms with van der Waals surface area (Å²) in [5.41, 5.74) is 6.61. The number of aldehydes is 1. The van der Waals surface area contributed by atoms with Crippen LogP contribution in [0.1, 0.15) is 51.6 Å². The Labute approximate surface area is 212 Å². The Morgan fingerprint density at radius 3 is 2.35 bits per heavy atom. The number of pyridine rings is 1. The van der Waals surface area contributed by atoms with Gasteiger partial charge in [-0.2, -0.15) is 0 Å². The van der Waals surface area contributed by atoms with E-state index >= 15 is 0 Å². The highest BCUT2D eigenvalue weighted by Gasteiger charge is 2.27. The summed E-state index contributed by atoms with van der Waals surface area (Å²) in [5, 5.41) is 0.961. The molecule has 0 spiro atoms. The fourth-order valence-electron chi connectivity index (χ4n) is 4.60. The summed E-state index contributed by atoms with van der Waals surface area (Å²) in [6, 6.07) is 27.8. The molecule has 0 aliphatic carbocycles. The van der Waals surface area contributed by atoms with Gasteiger partial charge in [0.1, 0.15) is 0 Å². The van der Waals surface area contributed by atoms with Crippen LogP contribution in [0.2, 0.25) is 0 Å². The molecule has 2 aromatic heterocycles. The van der Waals surface area contributed by atoms with Crippen molar-refractivity contribution in [2.45, 2.75) is 26.2 Å².